The third-order valence-electron chi connectivity index (χ3n) is 3.69. The van der Waals surface area contributed by atoms with Gasteiger partial charge in [-0.1, -0.05) is 53.0 Å². The Balaban J connectivity index is 2.39. The molecule has 0 aliphatic carbocycles. The van der Waals surface area contributed by atoms with Gasteiger partial charge in [-0.3, -0.25) is 0 Å². The van der Waals surface area contributed by atoms with E-state index in [0.717, 1.165) is 22.8 Å². The highest BCUT2D eigenvalue weighted by Gasteiger charge is 2.28. The first kappa shape index (κ1) is 21.0. The summed E-state index contributed by atoms with van der Waals surface area (Å²) >= 11 is 17.9. The van der Waals surface area contributed by atoms with E-state index in [0.29, 0.717) is 0 Å². The van der Waals surface area contributed by atoms with Crippen molar-refractivity contribution in [2.75, 3.05) is 0 Å². The third-order valence-corrected chi connectivity index (χ3v) is 4.76. The molecule has 6 nitrogen and oxygen atoms in total. The molecule has 2 aromatic rings. The second-order valence-corrected chi connectivity index (χ2v) is 6.69. The minimum absolute atomic E-state index is 0.0792. The van der Waals surface area contributed by atoms with Gasteiger partial charge in [0, 0.05) is 0 Å². The van der Waals surface area contributed by atoms with E-state index in [1.807, 2.05) is 32.0 Å². The molecule has 9 heteroatoms. The highest BCUT2D eigenvalue weighted by atomic mass is 35.5. The first-order chi connectivity index (χ1) is 12.6. The number of benzene rings is 2. The van der Waals surface area contributed by atoms with E-state index in [4.69, 9.17) is 44.6 Å². The quantitative estimate of drug-likeness (QED) is 0.329. The zero-order valence-electron chi connectivity index (χ0n) is 14.1. The fourth-order valence-electron chi connectivity index (χ4n) is 2.28. The van der Waals surface area contributed by atoms with Crippen molar-refractivity contribution in [1.82, 2.24) is 0 Å². The fourth-order valence-corrected chi connectivity index (χ4v) is 3.00. The average Bonchev–Trinajstić information content (AvgIpc) is 2.59. The number of esters is 2. The van der Waals surface area contributed by atoms with Crippen LogP contribution >= 0.6 is 34.8 Å². The Labute approximate surface area is 169 Å². The molecule has 0 saturated carbocycles. The second-order valence-electron chi connectivity index (χ2n) is 5.50. The molecule has 0 spiro atoms. The summed E-state index contributed by atoms with van der Waals surface area (Å²) in [4.78, 5) is 34.7. The van der Waals surface area contributed by atoms with Gasteiger partial charge < -0.3 is 14.6 Å². The molecule has 0 saturated heterocycles. The molecule has 2 rings (SSSR count). The molecule has 0 aliphatic rings. The average molecular weight is 432 g/mol. The van der Waals surface area contributed by atoms with Crippen molar-refractivity contribution >= 4 is 52.7 Å². The van der Waals surface area contributed by atoms with Crippen LogP contribution in [0.2, 0.25) is 15.1 Å². The van der Waals surface area contributed by atoms with Crippen LogP contribution in [0.25, 0.3) is 0 Å². The van der Waals surface area contributed by atoms with Crippen molar-refractivity contribution < 1.29 is 29.0 Å². The van der Waals surface area contributed by atoms with Gasteiger partial charge in [-0.2, -0.15) is 0 Å². The summed E-state index contributed by atoms with van der Waals surface area (Å²) in [5.74, 6) is -5.02. The van der Waals surface area contributed by atoms with Crippen LogP contribution in [0.15, 0.2) is 24.3 Å². The summed E-state index contributed by atoms with van der Waals surface area (Å²) in [6.07, 6.45) is 0. The molecule has 0 bridgehead atoms. The number of carboxylic acid groups (broad SMARTS) is 1. The smallest absolute Gasteiger partial charge is 0.422 e. The molecule has 0 fully saturated rings. The summed E-state index contributed by atoms with van der Waals surface area (Å²) in [6, 6.07) is 6.71. The molecule has 142 valence electrons. The number of aliphatic carboxylic acids is 1. The van der Waals surface area contributed by atoms with E-state index in [1.54, 1.807) is 0 Å². The van der Waals surface area contributed by atoms with Gasteiger partial charge in [0.25, 0.3) is 0 Å². The van der Waals surface area contributed by atoms with Gasteiger partial charge in [-0.05, 0) is 36.6 Å². The lowest BCUT2D eigenvalue weighted by atomic mass is 10.0. The molecule has 0 unspecified atom stereocenters. The summed E-state index contributed by atoms with van der Waals surface area (Å²) < 4.78 is 9.95. The molecule has 0 radical (unpaired) electrons. The Hall–Kier alpha value is -2.28. The summed E-state index contributed by atoms with van der Waals surface area (Å²) in [7, 11) is 0. The third kappa shape index (κ3) is 4.71. The highest BCUT2D eigenvalue weighted by molar-refractivity contribution is 6.46. The number of halogens is 3. The first-order valence-electron chi connectivity index (χ1n) is 7.48. The Morgan fingerprint density at radius 2 is 1.63 bits per heavy atom. The van der Waals surface area contributed by atoms with Gasteiger partial charge >= 0.3 is 17.9 Å². The Kier molecular flexibility index (Phi) is 6.70. The maximum absolute atomic E-state index is 12.6. The van der Waals surface area contributed by atoms with Gasteiger partial charge in [-0.15, -0.1) is 0 Å². The minimum Gasteiger partial charge on any atom is -0.473 e. The molecule has 0 amide bonds. The van der Waals surface area contributed by atoms with Crippen molar-refractivity contribution in [3.05, 3.63) is 61.6 Å². The van der Waals surface area contributed by atoms with Gasteiger partial charge in [0.15, 0.2) is 5.75 Å². The van der Waals surface area contributed by atoms with Crippen LogP contribution in [-0.2, 0) is 20.9 Å². The van der Waals surface area contributed by atoms with Crippen LogP contribution in [0.3, 0.4) is 0 Å². The van der Waals surface area contributed by atoms with Crippen molar-refractivity contribution in [3.63, 3.8) is 0 Å². The van der Waals surface area contributed by atoms with Crippen LogP contribution < -0.4 is 4.74 Å². The van der Waals surface area contributed by atoms with Crippen LogP contribution in [0, 0.1) is 13.8 Å². The van der Waals surface area contributed by atoms with Crippen LogP contribution in [0.5, 0.6) is 5.75 Å². The lowest BCUT2D eigenvalue weighted by Gasteiger charge is -2.14. The standard InChI is InChI=1S/C18H13Cl3O6/c1-8-4-3-5-9(2)10(8)7-26-17(24)13-14(21)11(19)6-12(20)15(13)27-18(25)16(22)23/h3-6H,7H2,1-2H3,(H,22,23). The summed E-state index contributed by atoms with van der Waals surface area (Å²) in [5, 5.41) is 8.08. The fraction of sp³-hybridized carbons (Fsp3) is 0.167. The highest BCUT2D eigenvalue weighted by Crippen LogP contribution is 2.40. The van der Waals surface area contributed by atoms with Crippen LogP contribution in [-0.4, -0.2) is 23.0 Å². The maximum Gasteiger partial charge on any atom is 0.422 e. The molecule has 0 aromatic heterocycles. The van der Waals surface area contributed by atoms with E-state index >= 15 is 0 Å². The zero-order valence-corrected chi connectivity index (χ0v) is 16.4. The Morgan fingerprint density at radius 3 is 2.19 bits per heavy atom. The van der Waals surface area contributed by atoms with E-state index < -0.39 is 29.2 Å². The van der Waals surface area contributed by atoms with Crippen molar-refractivity contribution in [2.24, 2.45) is 0 Å². The van der Waals surface area contributed by atoms with Crippen molar-refractivity contribution in [2.45, 2.75) is 20.5 Å². The van der Waals surface area contributed by atoms with E-state index in [1.165, 1.54) is 0 Å². The lowest BCUT2D eigenvalue weighted by Crippen LogP contribution is -2.21. The van der Waals surface area contributed by atoms with E-state index in [9.17, 15) is 14.4 Å². The van der Waals surface area contributed by atoms with Crippen LogP contribution in [0.1, 0.15) is 27.0 Å². The summed E-state index contributed by atoms with van der Waals surface area (Å²) in [5.41, 5.74) is 2.18. The molecule has 1 N–H and O–H groups in total. The topological polar surface area (TPSA) is 89.9 Å². The van der Waals surface area contributed by atoms with E-state index in [-0.39, 0.29) is 21.7 Å². The molecular weight excluding hydrogens is 419 g/mol. The Bertz CT molecular complexity index is 919. The number of ether oxygens (including phenoxy) is 2. The molecule has 0 aliphatic heterocycles. The molecule has 0 heterocycles. The Morgan fingerprint density at radius 1 is 1.04 bits per heavy atom. The first-order valence-corrected chi connectivity index (χ1v) is 8.61. The number of hydrogen-bond acceptors (Lipinski definition) is 5. The molecule has 2 aromatic carbocycles. The lowest BCUT2D eigenvalue weighted by molar-refractivity contribution is -0.158. The van der Waals surface area contributed by atoms with Crippen molar-refractivity contribution in [1.29, 1.82) is 0 Å². The number of aryl methyl sites for hydroxylation is 2. The SMILES string of the molecule is Cc1cccc(C)c1COC(=O)c1c(Cl)c(Cl)cc(Cl)c1OC(=O)C(=O)O. The molecular formula is C18H13Cl3O6. The van der Waals surface area contributed by atoms with Crippen LogP contribution in [0.4, 0.5) is 0 Å². The van der Waals surface area contributed by atoms with Crippen molar-refractivity contribution in [3.8, 4) is 5.75 Å². The predicted octanol–water partition coefficient (Wildman–Crippen LogP) is 4.61. The number of rotatable bonds is 4. The molecule has 0 atom stereocenters. The normalized spacial score (nSPS) is 10.4. The molecule has 27 heavy (non-hydrogen) atoms. The monoisotopic (exact) mass is 430 g/mol. The maximum atomic E-state index is 12.6. The van der Waals surface area contributed by atoms with Gasteiger partial charge in [0.2, 0.25) is 0 Å². The van der Waals surface area contributed by atoms with E-state index in [2.05, 4.69) is 4.74 Å². The predicted molar refractivity (Wildman–Crippen MR) is 99.8 cm³/mol. The number of carbonyl (C=O) groups excluding carboxylic acids is 2. The minimum atomic E-state index is -1.87. The second kappa shape index (κ2) is 8.61. The number of hydrogen-bond donors (Lipinski definition) is 1. The zero-order chi connectivity index (χ0) is 20.3. The number of carboxylic acids is 1. The van der Waals surface area contributed by atoms with Gasteiger partial charge in [0.05, 0.1) is 15.1 Å². The van der Waals surface area contributed by atoms with Gasteiger partial charge in [0.1, 0.15) is 12.2 Å². The van der Waals surface area contributed by atoms with Gasteiger partial charge in [-0.25, -0.2) is 14.4 Å². The summed E-state index contributed by atoms with van der Waals surface area (Å²) in [6.45, 7) is 3.64. The number of carbonyl (C=O) groups is 3. The largest absolute Gasteiger partial charge is 0.473 e.